The number of halogens is 1. The van der Waals surface area contributed by atoms with E-state index >= 15 is 0 Å². The van der Waals surface area contributed by atoms with Crippen LogP contribution in [0.3, 0.4) is 0 Å². The third kappa shape index (κ3) is 2.21. The van der Waals surface area contributed by atoms with Gasteiger partial charge in [0.25, 0.3) is 0 Å². The van der Waals surface area contributed by atoms with Crippen LogP contribution in [0.25, 0.3) is 0 Å². The van der Waals surface area contributed by atoms with Crippen LogP contribution >= 0.6 is 0 Å². The van der Waals surface area contributed by atoms with Crippen molar-refractivity contribution < 1.29 is 4.48 Å². The molecule has 1 saturated heterocycles. The minimum absolute atomic E-state index is 0.528. The summed E-state index contributed by atoms with van der Waals surface area (Å²) < 4.78 is 12.4. The summed E-state index contributed by atoms with van der Waals surface area (Å²) in [5.41, 5.74) is 5.34. The first-order valence-corrected chi connectivity index (χ1v) is 3.66. The van der Waals surface area contributed by atoms with E-state index in [2.05, 4.69) is 4.90 Å². The maximum absolute atomic E-state index is 12.4. The third-order valence-electron chi connectivity index (χ3n) is 1.76. The second-order valence-electron chi connectivity index (χ2n) is 2.54. The van der Waals surface area contributed by atoms with E-state index in [1.165, 1.54) is 0 Å². The summed E-state index contributed by atoms with van der Waals surface area (Å²) in [5.74, 6) is 0. The predicted molar refractivity (Wildman–Crippen MR) is 38.2 cm³/mol. The fourth-order valence-corrected chi connectivity index (χ4v) is 1.13. The highest BCUT2D eigenvalue weighted by atomic mass is 19.2. The van der Waals surface area contributed by atoms with Crippen molar-refractivity contribution in [2.24, 2.45) is 5.73 Å². The minimum Gasteiger partial charge on any atom is -0.329 e. The minimum atomic E-state index is 0.528. The second kappa shape index (κ2) is 3.85. The van der Waals surface area contributed by atoms with E-state index in [0.29, 0.717) is 19.6 Å². The Bertz CT molecular complexity index is 91.0. The molecule has 0 aromatic rings. The Morgan fingerprint density at radius 3 is 2.30 bits per heavy atom. The van der Waals surface area contributed by atoms with E-state index in [1.807, 2.05) is 0 Å². The average molecular weight is 147 g/mol. The smallest absolute Gasteiger partial charge is 0.0418 e. The molecule has 0 aromatic carbocycles. The molecule has 1 heterocycles. The van der Waals surface area contributed by atoms with E-state index < -0.39 is 0 Å². The highest BCUT2D eigenvalue weighted by Gasteiger charge is 2.14. The quantitative estimate of drug-likeness (QED) is 0.532. The highest BCUT2D eigenvalue weighted by molar-refractivity contribution is 4.66. The largest absolute Gasteiger partial charge is 0.329 e. The van der Waals surface area contributed by atoms with Crippen LogP contribution < -0.4 is 5.73 Å². The predicted octanol–water partition coefficient (Wildman–Crippen LogP) is -0.553. The molecule has 0 aromatic heterocycles. The lowest BCUT2D eigenvalue weighted by Gasteiger charge is -2.28. The summed E-state index contributed by atoms with van der Waals surface area (Å²) in [6.45, 7) is 4.25. The number of rotatable bonds is 2. The number of hydrogen-bond donors (Lipinski definition) is 1. The first-order valence-electron chi connectivity index (χ1n) is 3.66. The monoisotopic (exact) mass is 147 g/mol. The Kier molecular flexibility index (Phi) is 3.05. The molecule has 1 rings (SSSR count). The van der Waals surface area contributed by atoms with Crippen molar-refractivity contribution in [1.29, 1.82) is 0 Å². The van der Waals surface area contributed by atoms with Crippen molar-refractivity contribution in [2.45, 2.75) is 0 Å². The Balaban J connectivity index is 2.13. The van der Waals surface area contributed by atoms with E-state index in [0.717, 1.165) is 24.8 Å². The summed E-state index contributed by atoms with van der Waals surface area (Å²) in [6, 6.07) is 0. The lowest BCUT2D eigenvalue weighted by atomic mass is 10.3. The van der Waals surface area contributed by atoms with Gasteiger partial charge in [-0.1, -0.05) is 0 Å². The summed E-state index contributed by atoms with van der Waals surface area (Å²) in [7, 11) is 0. The van der Waals surface area contributed by atoms with Gasteiger partial charge in [0.1, 0.15) is 0 Å². The Morgan fingerprint density at radius 2 is 1.80 bits per heavy atom. The van der Waals surface area contributed by atoms with Crippen LogP contribution in [0.4, 0.5) is 4.48 Å². The lowest BCUT2D eigenvalue weighted by Crippen LogP contribution is -2.44. The van der Waals surface area contributed by atoms with Gasteiger partial charge >= 0.3 is 0 Å². The number of hydrogen-bond acceptors (Lipinski definition) is 3. The van der Waals surface area contributed by atoms with Gasteiger partial charge in [0.15, 0.2) is 0 Å². The van der Waals surface area contributed by atoms with Crippen molar-refractivity contribution in [3.63, 3.8) is 0 Å². The van der Waals surface area contributed by atoms with Gasteiger partial charge in [0.2, 0.25) is 0 Å². The van der Waals surface area contributed by atoms with Gasteiger partial charge in [0, 0.05) is 39.3 Å². The zero-order chi connectivity index (χ0) is 7.40. The maximum atomic E-state index is 12.4. The first-order chi connectivity index (χ1) is 4.83. The zero-order valence-electron chi connectivity index (χ0n) is 6.09. The molecule has 0 unspecified atom stereocenters. The molecule has 0 radical (unpaired) electrons. The van der Waals surface area contributed by atoms with Crippen LogP contribution in [0.5, 0.6) is 0 Å². The second-order valence-corrected chi connectivity index (χ2v) is 2.54. The molecule has 2 N–H and O–H groups in total. The van der Waals surface area contributed by atoms with Gasteiger partial charge in [-0.2, -0.15) is 0 Å². The summed E-state index contributed by atoms with van der Waals surface area (Å²) in [5, 5.41) is 0.854. The van der Waals surface area contributed by atoms with Crippen molar-refractivity contribution in [3.8, 4) is 0 Å². The number of piperazine rings is 1. The fourth-order valence-electron chi connectivity index (χ4n) is 1.13. The average Bonchev–Trinajstić information content (AvgIpc) is 1.95. The molecular weight excluding hydrogens is 133 g/mol. The Labute approximate surface area is 60.5 Å². The highest BCUT2D eigenvalue weighted by Crippen LogP contribution is 1.99. The Morgan fingerprint density at radius 1 is 1.20 bits per heavy atom. The molecule has 0 spiro atoms. The molecular formula is C6H14FN3. The van der Waals surface area contributed by atoms with Gasteiger partial charge in [-0.3, -0.25) is 4.90 Å². The van der Waals surface area contributed by atoms with Crippen LogP contribution in [0, 0.1) is 0 Å². The van der Waals surface area contributed by atoms with Gasteiger partial charge < -0.3 is 5.73 Å². The molecule has 0 atom stereocenters. The molecule has 1 aliphatic rings. The summed E-state index contributed by atoms with van der Waals surface area (Å²) in [6.07, 6.45) is 0. The van der Waals surface area contributed by atoms with Crippen LogP contribution in [-0.2, 0) is 0 Å². The van der Waals surface area contributed by atoms with E-state index in [9.17, 15) is 4.48 Å². The zero-order valence-corrected chi connectivity index (χ0v) is 6.09. The topological polar surface area (TPSA) is 32.5 Å². The van der Waals surface area contributed by atoms with Gasteiger partial charge in [-0.05, 0) is 0 Å². The molecule has 60 valence electrons. The lowest BCUT2D eigenvalue weighted by molar-refractivity contribution is -0.0207. The van der Waals surface area contributed by atoms with Crippen LogP contribution in [0.2, 0.25) is 0 Å². The van der Waals surface area contributed by atoms with Gasteiger partial charge in [0.05, 0.1) is 0 Å². The molecule has 1 fully saturated rings. The summed E-state index contributed by atoms with van der Waals surface area (Å²) >= 11 is 0. The normalized spacial score (nSPS) is 23.4. The van der Waals surface area contributed by atoms with Crippen molar-refractivity contribution in [3.05, 3.63) is 0 Å². The molecule has 3 nitrogen and oxygen atoms in total. The van der Waals surface area contributed by atoms with Crippen LogP contribution in [0.1, 0.15) is 0 Å². The van der Waals surface area contributed by atoms with Gasteiger partial charge in [-0.25, -0.2) is 0 Å². The van der Waals surface area contributed by atoms with Crippen LogP contribution in [0.15, 0.2) is 0 Å². The van der Waals surface area contributed by atoms with Crippen molar-refractivity contribution >= 4 is 0 Å². The third-order valence-corrected chi connectivity index (χ3v) is 1.76. The molecule has 0 saturated carbocycles. The molecule has 0 bridgehead atoms. The first kappa shape index (κ1) is 7.91. The SMILES string of the molecule is NCCN1CCN(F)CC1. The van der Waals surface area contributed by atoms with E-state index in [-0.39, 0.29) is 0 Å². The molecule has 0 aliphatic carbocycles. The van der Waals surface area contributed by atoms with Crippen molar-refractivity contribution in [1.82, 2.24) is 10.0 Å². The van der Waals surface area contributed by atoms with Gasteiger partial charge in [-0.15, -0.1) is 9.60 Å². The molecule has 0 amide bonds. The molecule has 4 heteroatoms. The molecule has 10 heavy (non-hydrogen) atoms. The Hall–Kier alpha value is -0.190. The van der Waals surface area contributed by atoms with E-state index in [1.54, 1.807) is 0 Å². The van der Waals surface area contributed by atoms with Crippen molar-refractivity contribution in [2.75, 3.05) is 39.3 Å². The van der Waals surface area contributed by atoms with E-state index in [4.69, 9.17) is 5.73 Å². The summed E-state index contributed by atoms with van der Waals surface area (Å²) in [4.78, 5) is 2.18. The molecule has 1 aliphatic heterocycles. The standard InChI is InChI=1S/C6H14FN3/c7-10-5-3-9(2-1-8)4-6-10/h1-6,8H2. The maximum Gasteiger partial charge on any atom is 0.0418 e. The number of nitrogens with two attached hydrogens (primary N) is 1. The number of nitrogens with zero attached hydrogens (tertiary/aromatic N) is 2. The van der Waals surface area contributed by atoms with Crippen LogP contribution in [-0.4, -0.2) is 49.3 Å². The fraction of sp³-hybridized carbons (Fsp3) is 1.00.